The molecule has 4 rings (SSSR count). The molecule has 4 aromatic rings. The number of aromatic nitrogens is 2. The van der Waals surface area contributed by atoms with Gasteiger partial charge in [-0.25, -0.2) is 9.78 Å². The summed E-state index contributed by atoms with van der Waals surface area (Å²) in [7, 11) is 0. The Morgan fingerprint density at radius 1 is 1.00 bits per heavy atom. The Morgan fingerprint density at radius 3 is 2.65 bits per heavy atom. The summed E-state index contributed by atoms with van der Waals surface area (Å²) < 4.78 is 10.7. The number of para-hydroxylation sites is 1. The van der Waals surface area contributed by atoms with Crippen molar-refractivity contribution < 1.29 is 13.9 Å². The van der Waals surface area contributed by atoms with Crippen molar-refractivity contribution in [3.63, 3.8) is 0 Å². The molecule has 0 bridgehead atoms. The molecule has 0 N–H and O–H groups in total. The zero-order valence-corrected chi connectivity index (χ0v) is 13.5. The van der Waals surface area contributed by atoms with Gasteiger partial charge in [-0.05, 0) is 30.3 Å². The molecular formula is C20H12N2O4. The average molecular weight is 344 g/mol. The van der Waals surface area contributed by atoms with Gasteiger partial charge in [-0.2, -0.15) is 0 Å². The highest BCUT2D eigenvalue weighted by Crippen LogP contribution is 2.21. The molecule has 6 nitrogen and oxygen atoms in total. The van der Waals surface area contributed by atoms with Crippen LogP contribution < -0.4 is 10.2 Å². The summed E-state index contributed by atoms with van der Waals surface area (Å²) in [4.78, 5) is 32.6. The summed E-state index contributed by atoms with van der Waals surface area (Å²) in [6, 6.07) is 13.5. The predicted octanol–water partition coefficient (Wildman–Crippen LogP) is 3.47. The lowest BCUT2D eigenvalue weighted by molar-refractivity contribution is 0.0727. The first-order valence-corrected chi connectivity index (χ1v) is 7.81. The molecule has 6 heteroatoms. The number of ether oxygens (including phenoxy) is 1. The van der Waals surface area contributed by atoms with Gasteiger partial charge in [-0.1, -0.05) is 12.1 Å². The van der Waals surface area contributed by atoms with Crippen molar-refractivity contribution in [2.45, 2.75) is 0 Å². The average Bonchev–Trinajstić information content (AvgIpc) is 2.70. The van der Waals surface area contributed by atoms with Crippen LogP contribution in [0.4, 0.5) is 0 Å². The molecule has 126 valence electrons. The molecule has 0 amide bonds. The Morgan fingerprint density at radius 2 is 1.88 bits per heavy atom. The van der Waals surface area contributed by atoms with Crippen molar-refractivity contribution >= 4 is 16.9 Å². The Kier molecular flexibility index (Phi) is 3.99. The second kappa shape index (κ2) is 6.60. The maximum atomic E-state index is 12.6. The van der Waals surface area contributed by atoms with E-state index < -0.39 is 5.97 Å². The molecule has 0 spiro atoms. The number of pyridine rings is 2. The number of hydrogen-bond acceptors (Lipinski definition) is 6. The molecule has 0 aliphatic rings. The summed E-state index contributed by atoms with van der Waals surface area (Å²) in [6.07, 6.45) is 5.85. The molecular weight excluding hydrogens is 332 g/mol. The SMILES string of the molecule is O=C(Oc1ccc(-c2coc3ccccc3c2=O)cn1)c1cccnc1. The number of carbonyl (C=O) groups excluding carboxylic acids is 1. The van der Waals surface area contributed by atoms with Gasteiger partial charge in [0.25, 0.3) is 0 Å². The highest BCUT2D eigenvalue weighted by atomic mass is 16.5. The fraction of sp³-hybridized carbons (Fsp3) is 0. The maximum Gasteiger partial charge on any atom is 0.346 e. The summed E-state index contributed by atoms with van der Waals surface area (Å²) in [5.74, 6) is -0.420. The van der Waals surface area contributed by atoms with Crippen LogP contribution in [0.3, 0.4) is 0 Å². The minimum atomic E-state index is -0.552. The lowest BCUT2D eigenvalue weighted by atomic mass is 10.1. The van der Waals surface area contributed by atoms with Crippen LogP contribution in [0.25, 0.3) is 22.1 Å². The highest BCUT2D eigenvalue weighted by molar-refractivity contribution is 5.90. The molecule has 1 aromatic carbocycles. The van der Waals surface area contributed by atoms with Gasteiger partial charge >= 0.3 is 5.97 Å². The zero-order valence-electron chi connectivity index (χ0n) is 13.5. The van der Waals surface area contributed by atoms with Gasteiger partial charge in [-0.3, -0.25) is 9.78 Å². The van der Waals surface area contributed by atoms with Crippen molar-refractivity contribution in [2.24, 2.45) is 0 Å². The molecule has 0 fully saturated rings. The van der Waals surface area contributed by atoms with Crippen LogP contribution in [-0.2, 0) is 0 Å². The Hall–Kier alpha value is -3.80. The lowest BCUT2D eigenvalue weighted by Crippen LogP contribution is -2.10. The molecule has 26 heavy (non-hydrogen) atoms. The summed E-state index contributed by atoms with van der Waals surface area (Å²) in [5.41, 5.74) is 1.67. The minimum absolute atomic E-state index is 0.132. The van der Waals surface area contributed by atoms with Gasteiger partial charge in [0, 0.05) is 30.2 Å². The zero-order chi connectivity index (χ0) is 17.9. The normalized spacial score (nSPS) is 10.6. The Bertz CT molecular complexity index is 1140. The minimum Gasteiger partial charge on any atom is -0.463 e. The molecule has 3 heterocycles. The van der Waals surface area contributed by atoms with Gasteiger partial charge in [0.15, 0.2) is 0 Å². The van der Waals surface area contributed by atoms with Crippen LogP contribution in [0.5, 0.6) is 5.88 Å². The smallest absolute Gasteiger partial charge is 0.346 e. The van der Waals surface area contributed by atoms with Gasteiger partial charge in [-0.15, -0.1) is 0 Å². The van der Waals surface area contributed by atoms with E-state index in [1.54, 1.807) is 48.7 Å². The van der Waals surface area contributed by atoms with Gasteiger partial charge in [0.2, 0.25) is 11.3 Å². The Labute approximate surface area is 147 Å². The van der Waals surface area contributed by atoms with Crippen molar-refractivity contribution in [3.8, 4) is 17.0 Å². The van der Waals surface area contributed by atoms with Crippen molar-refractivity contribution in [1.29, 1.82) is 0 Å². The van der Waals surface area contributed by atoms with Crippen LogP contribution >= 0.6 is 0 Å². The van der Waals surface area contributed by atoms with Crippen LogP contribution in [-0.4, -0.2) is 15.9 Å². The first-order chi connectivity index (χ1) is 12.7. The fourth-order valence-corrected chi connectivity index (χ4v) is 2.51. The van der Waals surface area contributed by atoms with E-state index in [-0.39, 0.29) is 11.3 Å². The molecule has 0 saturated carbocycles. The van der Waals surface area contributed by atoms with E-state index in [4.69, 9.17) is 9.15 Å². The lowest BCUT2D eigenvalue weighted by Gasteiger charge is -2.05. The van der Waals surface area contributed by atoms with Gasteiger partial charge in [0.1, 0.15) is 11.8 Å². The number of fused-ring (bicyclic) bond motifs is 1. The number of nitrogens with zero attached hydrogens (tertiary/aromatic N) is 2. The van der Waals surface area contributed by atoms with E-state index in [1.807, 2.05) is 0 Å². The molecule has 0 unspecified atom stereocenters. The first kappa shape index (κ1) is 15.7. The van der Waals surface area contributed by atoms with Gasteiger partial charge in [0.05, 0.1) is 16.5 Å². The third kappa shape index (κ3) is 2.95. The van der Waals surface area contributed by atoms with Crippen molar-refractivity contribution in [3.05, 3.63) is 89.2 Å². The van der Waals surface area contributed by atoms with E-state index >= 15 is 0 Å². The first-order valence-electron chi connectivity index (χ1n) is 7.81. The van der Waals surface area contributed by atoms with Crippen LogP contribution in [0, 0.1) is 0 Å². The quantitative estimate of drug-likeness (QED) is 0.529. The summed E-state index contributed by atoms with van der Waals surface area (Å²) >= 11 is 0. The Balaban J connectivity index is 1.61. The van der Waals surface area contributed by atoms with E-state index in [0.717, 1.165) is 0 Å². The topological polar surface area (TPSA) is 82.3 Å². The number of benzene rings is 1. The van der Waals surface area contributed by atoms with E-state index in [1.165, 1.54) is 24.7 Å². The third-order valence-electron chi connectivity index (χ3n) is 3.82. The number of rotatable bonds is 3. The molecule has 0 atom stereocenters. The molecule has 0 saturated heterocycles. The van der Waals surface area contributed by atoms with Crippen LogP contribution in [0.1, 0.15) is 10.4 Å². The third-order valence-corrected chi connectivity index (χ3v) is 3.82. The monoisotopic (exact) mass is 344 g/mol. The van der Waals surface area contributed by atoms with E-state index in [0.29, 0.717) is 27.7 Å². The van der Waals surface area contributed by atoms with Crippen molar-refractivity contribution in [1.82, 2.24) is 9.97 Å². The number of hydrogen-bond donors (Lipinski definition) is 0. The summed E-state index contributed by atoms with van der Waals surface area (Å²) in [6.45, 7) is 0. The molecule has 3 aromatic heterocycles. The molecule has 0 aliphatic carbocycles. The van der Waals surface area contributed by atoms with E-state index in [9.17, 15) is 9.59 Å². The van der Waals surface area contributed by atoms with Crippen molar-refractivity contribution in [2.75, 3.05) is 0 Å². The molecule has 0 radical (unpaired) electrons. The highest BCUT2D eigenvalue weighted by Gasteiger charge is 2.12. The second-order valence-corrected chi connectivity index (χ2v) is 5.49. The van der Waals surface area contributed by atoms with Crippen LogP contribution in [0.2, 0.25) is 0 Å². The summed E-state index contributed by atoms with van der Waals surface area (Å²) in [5, 5.41) is 0.497. The second-order valence-electron chi connectivity index (χ2n) is 5.49. The molecule has 0 aliphatic heterocycles. The number of esters is 1. The fourth-order valence-electron chi connectivity index (χ4n) is 2.51. The van der Waals surface area contributed by atoms with E-state index in [2.05, 4.69) is 9.97 Å². The number of carbonyl (C=O) groups is 1. The van der Waals surface area contributed by atoms with Crippen LogP contribution in [0.15, 0.2) is 82.6 Å². The maximum absolute atomic E-state index is 12.6. The largest absolute Gasteiger partial charge is 0.463 e. The standard InChI is InChI=1S/C20H12N2O4/c23-19-15-5-1-2-6-17(15)25-12-16(19)13-7-8-18(22-11-13)26-20(24)14-4-3-9-21-10-14/h1-12H. The van der Waals surface area contributed by atoms with Gasteiger partial charge < -0.3 is 9.15 Å². The predicted molar refractivity (Wildman–Crippen MR) is 94.9 cm³/mol.